The van der Waals surface area contributed by atoms with Gasteiger partial charge in [0.1, 0.15) is 15.8 Å². The average molecular weight is 550 g/mol. The second kappa shape index (κ2) is 12.2. The van der Waals surface area contributed by atoms with Crippen molar-refractivity contribution in [2.24, 2.45) is 0 Å². The van der Waals surface area contributed by atoms with Crippen molar-refractivity contribution in [3.05, 3.63) is 81.1 Å². The fraction of sp³-hybridized carbons (Fsp3) is 0.357. The van der Waals surface area contributed by atoms with Crippen LogP contribution in [0, 0.1) is 0 Å². The van der Waals surface area contributed by atoms with Crippen LogP contribution >= 0.6 is 24.0 Å². The number of thioether (sulfide) groups is 1. The van der Waals surface area contributed by atoms with E-state index in [1.54, 1.807) is 23.2 Å². The number of anilines is 1. The molecule has 0 unspecified atom stereocenters. The van der Waals surface area contributed by atoms with Crippen LogP contribution in [-0.2, 0) is 16.1 Å². The smallest absolute Gasteiger partial charge is 0.267 e. The lowest BCUT2D eigenvalue weighted by atomic mass is 10.2. The Bertz CT molecular complexity index is 1400. The summed E-state index contributed by atoms with van der Waals surface area (Å²) in [4.78, 5) is 38.4. The number of ether oxygens (including phenoxy) is 1. The van der Waals surface area contributed by atoms with Crippen LogP contribution in [0.5, 0.6) is 0 Å². The van der Waals surface area contributed by atoms with Gasteiger partial charge < -0.3 is 9.64 Å². The Morgan fingerprint density at radius 2 is 1.82 bits per heavy atom. The molecule has 38 heavy (non-hydrogen) atoms. The zero-order valence-electron chi connectivity index (χ0n) is 21.4. The van der Waals surface area contributed by atoms with Gasteiger partial charge in [-0.25, -0.2) is 4.98 Å². The summed E-state index contributed by atoms with van der Waals surface area (Å²) in [6.07, 6.45) is 4.09. The molecule has 0 atom stereocenters. The van der Waals surface area contributed by atoms with E-state index in [1.165, 1.54) is 21.7 Å². The third kappa shape index (κ3) is 5.83. The molecule has 8 nitrogen and oxygen atoms in total. The van der Waals surface area contributed by atoms with Gasteiger partial charge in [-0.05, 0) is 37.1 Å². The molecule has 4 heterocycles. The summed E-state index contributed by atoms with van der Waals surface area (Å²) in [5.74, 6) is 0.440. The number of carbonyl (C=O) groups excluding carboxylic acids is 1. The summed E-state index contributed by atoms with van der Waals surface area (Å²) in [7, 11) is 0. The number of thiocarbonyl (C=S) groups is 1. The zero-order valence-corrected chi connectivity index (χ0v) is 23.0. The molecule has 1 amide bonds. The number of hydrogen-bond acceptors (Lipinski definition) is 8. The molecule has 0 bridgehead atoms. The predicted octanol–water partition coefficient (Wildman–Crippen LogP) is 3.64. The molecule has 5 rings (SSSR count). The lowest BCUT2D eigenvalue weighted by Crippen LogP contribution is -2.47. The van der Waals surface area contributed by atoms with Crippen LogP contribution < -0.4 is 10.5 Å². The number of fused-ring (bicyclic) bond motifs is 1. The van der Waals surface area contributed by atoms with E-state index in [-0.39, 0.29) is 11.5 Å². The molecular weight excluding hydrogens is 518 g/mol. The molecule has 1 aromatic carbocycles. The van der Waals surface area contributed by atoms with E-state index in [9.17, 15) is 9.59 Å². The third-order valence-corrected chi connectivity index (χ3v) is 8.07. The number of carbonyl (C=O) groups is 1. The highest BCUT2D eigenvalue weighted by Crippen LogP contribution is 2.33. The van der Waals surface area contributed by atoms with Crippen LogP contribution in [0.4, 0.5) is 5.82 Å². The summed E-state index contributed by atoms with van der Waals surface area (Å²) >= 11 is 6.73. The number of benzene rings is 1. The van der Waals surface area contributed by atoms with Gasteiger partial charge >= 0.3 is 0 Å². The van der Waals surface area contributed by atoms with Gasteiger partial charge in [0, 0.05) is 58.7 Å². The highest BCUT2D eigenvalue weighted by atomic mass is 32.2. The number of aromatic nitrogens is 2. The summed E-state index contributed by atoms with van der Waals surface area (Å²) in [5.41, 5.74) is 2.09. The Morgan fingerprint density at radius 1 is 1.05 bits per heavy atom. The van der Waals surface area contributed by atoms with Crippen molar-refractivity contribution in [3.63, 3.8) is 0 Å². The maximum atomic E-state index is 13.7. The Morgan fingerprint density at radius 3 is 2.58 bits per heavy atom. The van der Waals surface area contributed by atoms with Crippen LogP contribution in [-0.4, -0.2) is 75.3 Å². The molecule has 0 spiro atoms. The molecule has 0 N–H and O–H groups in total. The van der Waals surface area contributed by atoms with Gasteiger partial charge in [0.15, 0.2) is 0 Å². The van der Waals surface area contributed by atoms with Gasteiger partial charge in [-0.15, -0.1) is 0 Å². The summed E-state index contributed by atoms with van der Waals surface area (Å²) in [6, 6.07) is 15.9. The van der Waals surface area contributed by atoms with Gasteiger partial charge in [0.2, 0.25) is 0 Å². The molecule has 2 aromatic heterocycles. The summed E-state index contributed by atoms with van der Waals surface area (Å²) in [6.45, 7) is 7.72. The standard InChI is InChI=1S/C28H31N5O3S2/c1-2-36-18-8-13-33-27(35)23(38-28(33)37)19-22-25(29-24-11-6-7-12-32(24)26(22)34)31-16-14-30(15-17-31)20-21-9-4-3-5-10-21/h3-7,9-12,19H,2,8,13-18,20H2,1H3/b23-19+. The molecule has 0 radical (unpaired) electrons. The van der Waals surface area contributed by atoms with Gasteiger partial charge in [-0.1, -0.05) is 60.4 Å². The topological polar surface area (TPSA) is 70.4 Å². The number of hydrogen-bond donors (Lipinski definition) is 0. The van der Waals surface area contributed by atoms with E-state index < -0.39 is 0 Å². The van der Waals surface area contributed by atoms with E-state index in [2.05, 4.69) is 34.1 Å². The van der Waals surface area contributed by atoms with E-state index >= 15 is 0 Å². The molecule has 2 fully saturated rings. The second-order valence-electron chi connectivity index (χ2n) is 9.22. The van der Waals surface area contributed by atoms with Crippen molar-refractivity contribution in [3.8, 4) is 0 Å². The molecule has 2 aliphatic heterocycles. The number of pyridine rings is 1. The van der Waals surface area contributed by atoms with Crippen molar-refractivity contribution < 1.29 is 9.53 Å². The quantitative estimate of drug-likeness (QED) is 0.228. The number of nitrogens with zero attached hydrogens (tertiary/aromatic N) is 5. The monoisotopic (exact) mass is 549 g/mol. The van der Waals surface area contributed by atoms with Gasteiger partial charge in [0.25, 0.3) is 11.5 Å². The maximum Gasteiger partial charge on any atom is 0.267 e. The Kier molecular flexibility index (Phi) is 8.53. The highest BCUT2D eigenvalue weighted by Gasteiger charge is 2.33. The lowest BCUT2D eigenvalue weighted by Gasteiger charge is -2.36. The minimum atomic E-state index is -0.195. The average Bonchev–Trinajstić information content (AvgIpc) is 3.21. The molecular formula is C28H31N5O3S2. The first-order chi connectivity index (χ1) is 18.5. The number of rotatable bonds is 9. The van der Waals surface area contributed by atoms with Crippen molar-refractivity contribution in [1.29, 1.82) is 0 Å². The minimum Gasteiger partial charge on any atom is -0.382 e. The lowest BCUT2D eigenvalue weighted by molar-refractivity contribution is -0.122. The number of amides is 1. The first-order valence-electron chi connectivity index (χ1n) is 12.9. The molecule has 0 aliphatic carbocycles. The Labute approximate surface area is 231 Å². The summed E-state index contributed by atoms with van der Waals surface area (Å²) in [5, 5.41) is 0. The predicted molar refractivity (Wildman–Crippen MR) is 156 cm³/mol. The van der Waals surface area contributed by atoms with Gasteiger partial charge in [-0.2, -0.15) is 0 Å². The summed E-state index contributed by atoms with van der Waals surface area (Å²) < 4.78 is 7.44. The van der Waals surface area contributed by atoms with Crippen molar-refractivity contribution in [2.45, 2.75) is 19.9 Å². The zero-order chi connectivity index (χ0) is 26.5. The van der Waals surface area contributed by atoms with Crippen LogP contribution in [0.2, 0.25) is 0 Å². The molecule has 0 saturated carbocycles. The van der Waals surface area contributed by atoms with E-state index in [0.29, 0.717) is 52.4 Å². The largest absolute Gasteiger partial charge is 0.382 e. The highest BCUT2D eigenvalue weighted by molar-refractivity contribution is 8.26. The molecule has 10 heteroatoms. The van der Waals surface area contributed by atoms with Crippen molar-refractivity contribution in [2.75, 3.05) is 50.8 Å². The van der Waals surface area contributed by atoms with Crippen LogP contribution in [0.1, 0.15) is 24.5 Å². The van der Waals surface area contributed by atoms with Gasteiger partial charge in [-0.3, -0.25) is 23.8 Å². The van der Waals surface area contributed by atoms with Crippen molar-refractivity contribution in [1.82, 2.24) is 19.2 Å². The Balaban J connectivity index is 1.41. The molecule has 198 valence electrons. The fourth-order valence-electron chi connectivity index (χ4n) is 4.71. The Hall–Kier alpha value is -3.05. The maximum absolute atomic E-state index is 13.7. The molecule has 2 aliphatic rings. The van der Waals surface area contributed by atoms with E-state index in [4.69, 9.17) is 21.9 Å². The first kappa shape index (κ1) is 26.6. The SMILES string of the molecule is CCOCCCN1C(=O)/C(=C\c2c(N3CCN(Cc4ccccc4)CC3)nc3ccccn3c2=O)SC1=S. The van der Waals surface area contributed by atoms with Crippen molar-refractivity contribution >= 4 is 51.7 Å². The van der Waals surface area contributed by atoms with E-state index in [0.717, 1.165) is 32.7 Å². The first-order valence-corrected chi connectivity index (χ1v) is 14.1. The fourth-order valence-corrected chi connectivity index (χ4v) is 6.00. The van der Waals surface area contributed by atoms with Crippen LogP contribution in [0.3, 0.4) is 0 Å². The second-order valence-corrected chi connectivity index (χ2v) is 10.9. The van der Waals surface area contributed by atoms with E-state index in [1.807, 2.05) is 25.1 Å². The third-order valence-electron chi connectivity index (χ3n) is 6.69. The number of piperazine rings is 1. The molecule has 2 saturated heterocycles. The minimum absolute atomic E-state index is 0.173. The normalized spacial score (nSPS) is 17.8. The van der Waals surface area contributed by atoms with Crippen LogP contribution in [0.15, 0.2) is 64.4 Å². The van der Waals surface area contributed by atoms with Gasteiger partial charge in [0.05, 0.1) is 10.5 Å². The van der Waals surface area contributed by atoms with Crippen LogP contribution in [0.25, 0.3) is 11.7 Å². The molecule has 3 aromatic rings.